The highest BCUT2D eigenvalue weighted by Gasteiger charge is 2.54. The van der Waals surface area contributed by atoms with E-state index in [4.69, 9.17) is 24.7 Å². The lowest BCUT2D eigenvalue weighted by atomic mass is 10.1. The molecule has 7 rings (SSSR count). The maximum atomic E-state index is 12.7. The molecule has 0 aliphatic carbocycles. The topological polar surface area (TPSA) is 185 Å². The maximum Gasteiger partial charge on any atom is 0.339 e. The van der Waals surface area contributed by atoms with Gasteiger partial charge in [-0.2, -0.15) is 0 Å². The predicted molar refractivity (Wildman–Crippen MR) is 165 cm³/mol. The minimum atomic E-state index is -1.17. The number of urea groups is 1. The zero-order valence-corrected chi connectivity index (χ0v) is 24.2. The van der Waals surface area contributed by atoms with Crippen LogP contribution in [0.3, 0.4) is 0 Å². The van der Waals surface area contributed by atoms with Crippen molar-refractivity contribution in [3.05, 3.63) is 103 Å². The predicted octanol–water partition coefficient (Wildman–Crippen LogP) is 4.08. The van der Waals surface area contributed by atoms with Crippen molar-refractivity contribution in [3.63, 3.8) is 0 Å². The fourth-order valence-electron chi connectivity index (χ4n) is 5.59. The Kier molecular flexibility index (Phi) is 7.88. The molecule has 46 heavy (non-hydrogen) atoms. The van der Waals surface area contributed by atoms with E-state index in [0.29, 0.717) is 29.0 Å². The van der Waals surface area contributed by atoms with Crippen LogP contribution in [0.15, 0.2) is 91.5 Å². The second kappa shape index (κ2) is 12.4. The number of aromatic carboxylic acids is 1. The molecule has 2 fully saturated rings. The number of nitrogens with one attached hydrogen (secondary N) is 2. The molecule has 5 aromatic rings. The summed E-state index contributed by atoms with van der Waals surface area (Å²) in [5, 5.41) is 15.2. The Bertz CT molecular complexity index is 1870. The number of ether oxygens (including phenoxy) is 4. The molecule has 4 unspecified atom stereocenters. The zero-order chi connectivity index (χ0) is 31.6. The van der Waals surface area contributed by atoms with Crippen LogP contribution in [0, 0.1) is 0 Å². The number of hydrogen-bond donors (Lipinski definition) is 4. The number of carboxylic acid groups (broad SMARTS) is 1. The molecule has 14 nitrogen and oxygen atoms in total. The van der Waals surface area contributed by atoms with Gasteiger partial charge in [0.15, 0.2) is 29.5 Å². The minimum absolute atomic E-state index is 0.0304. The molecular formula is C32H29N7O7. The minimum Gasteiger partial charge on any atom is -0.490 e. The number of para-hydroxylation sites is 1. The Morgan fingerprint density at radius 1 is 0.913 bits per heavy atom. The lowest BCUT2D eigenvalue weighted by Gasteiger charge is -2.22. The number of imidazole rings is 1. The van der Waals surface area contributed by atoms with E-state index in [1.54, 1.807) is 29.1 Å². The molecule has 0 spiro atoms. The molecule has 3 aromatic carbocycles. The van der Waals surface area contributed by atoms with E-state index in [1.165, 1.54) is 18.5 Å². The highest BCUT2D eigenvalue weighted by Crippen LogP contribution is 2.41. The molecule has 2 aliphatic rings. The Morgan fingerprint density at radius 2 is 1.67 bits per heavy atom. The van der Waals surface area contributed by atoms with Crippen LogP contribution in [0.5, 0.6) is 5.75 Å². The summed E-state index contributed by atoms with van der Waals surface area (Å²) in [7, 11) is 0. The van der Waals surface area contributed by atoms with Gasteiger partial charge in [-0.15, -0.1) is 0 Å². The summed E-state index contributed by atoms with van der Waals surface area (Å²) in [6, 6.07) is 22.8. The summed E-state index contributed by atoms with van der Waals surface area (Å²) in [5.74, 6) is -0.808. The Balaban J connectivity index is 1.14. The Labute approximate surface area is 262 Å². The number of nitrogen functional groups attached to an aromatic ring is 1. The van der Waals surface area contributed by atoms with Gasteiger partial charge in [0, 0.05) is 17.8 Å². The lowest BCUT2D eigenvalue weighted by molar-refractivity contribution is -0.148. The normalized spacial score (nSPS) is 22.0. The van der Waals surface area contributed by atoms with Crippen LogP contribution >= 0.6 is 0 Å². The summed E-state index contributed by atoms with van der Waals surface area (Å²) >= 11 is 0. The van der Waals surface area contributed by atoms with Gasteiger partial charge >= 0.3 is 12.0 Å². The van der Waals surface area contributed by atoms with E-state index in [0.717, 1.165) is 5.56 Å². The average molecular weight is 624 g/mol. The van der Waals surface area contributed by atoms with E-state index >= 15 is 0 Å². The second-order valence-electron chi connectivity index (χ2n) is 10.7. The second-order valence-corrected chi connectivity index (χ2v) is 10.7. The summed E-state index contributed by atoms with van der Waals surface area (Å²) < 4.78 is 26.9. The first-order valence-electron chi connectivity index (χ1n) is 14.5. The van der Waals surface area contributed by atoms with Gasteiger partial charge in [-0.25, -0.2) is 24.5 Å². The fourth-order valence-corrected chi connectivity index (χ4v) is 5.59. The van der Waals surface area contributed by atoms with E-state index in [9.17, 15) is 14.7 Å². The van der Waals surface area contributed by atoms with Gasteiger partial charge < -0.3 is 35.1 Å². The van der Waals surface area contributed by atoms with Gasteiger partial charge in [-0.3, -0.25) is 9.88 Å². The third-order valence-corrected chi connectivity index (χ3v) is 7.68. The van der Waals surface area contributed by atoms with Crippen LogP contribution in [0.25, 0.3) is 11.2 Å². The van der Waals surface area contributed by atoms with E-state index in [-0.39, 0.29) is 23.7 Å². The SMILES string of the molecule is Nc1ccc(OCC2OC(n3cnc4c(NC(=O)Nc5ccccc5)ncnc43)[C@H]3OC(Cc4ccccc4)OC23)c(C(=O)O)c1. The van der Waals surface area contributed by atoms with E-state index < -0.39 is 42.8 Å². The molecule has 2 aliphatic heterocycles. The molecule has 2 amide bonds. The number of fused-ring (bicyclic) bond motifs is 2. The molecule has 2 aromatic heterocycles. The first-order chi connectivity index (χ1) is 22.4. The zero-order valence-electron chi connectivity index (χ0n) is 24.2. The van der Waals surface area contributed by atoms with Crippen molar-refractivity contribution in [2.75, 3.05) is 23.0 Å². The van der Waals surface area contributed by atoms with Crippen molar-refractivity contribution in [2.24, 2.45) is 0 Å². The molecule has 0 bridgehead atoms. The summed E-state index contributed by atoms with van der Waals surface area (Å²) in [6.45, 7) is -0.0304. The van der Waals surface area contributed by atoms with Crippen molar-refractivity contribution in [2.45, 2.75) is 37.3 Å². The van der Waals surface area contributed by atoms with Crippen molar-refractivity contribution < 1.29 is 33.6 Å². The lowest BCUT2D eigenvalue weighted by Crippen LogP contribution is -2.33. The molecule has 234 valence electrons. The number of hydrogen-bond acceptors (Lipinski definition) is 10. The quantitative estimate of drug-likeness (QED) is 0.173. The van der Waals surface area contributed by atoms with Crippen LogP contribution in [-0.2, 0) is 20.6 Å². The third kappa shape index (κ3) is 5.91. The van der Waals surface area contributed by atoms with Crippen LogP contribution in [0.4, 0.5) is 22.0 Å². The number of rotatable bonds is 9. The Morgan fingerprint density at radius 3 is 2.46 bits per heavy atom. The van der Waals surface area contributed by atoms with Crippen molar-refractivity contribution >= 4 is 40.4 Å². The number of anilines is 3. The summed E-state index contributed by atoms with van der Waals surface area (Å²) in [4.78, 5) is 37.7. The smallest absolute Gasteiger partial charge is 0.339 e. The summed E-state index contributed by atoms with van der Waals surface area (Å²) in [6.07, 6.45) is 0.268. The largest absolute Gasteiger partial charge is 0.490 e. The fraction of sp³-hybridized carbons (Fsp3) is 0.219. The number of benzene rings is 3. The average Bonchev–Trinajstić information content (AvgIpc) is 3.76. The number of aromatic nitrogens is 4. The van der Waals surface area contributed by atoms with Crippen molar-refractivity contribution in [1.82, 2.24) is 19.5 Å². The first kappa shape index (κ1) is 29.2. The van der Waals surface area contributed by atoms with Crippen molar-refractivity contribution in [1.29, 1.82) is 0 Å². The van der Waals surface area contributed by atoms with Gasteiger partial charge in [0.25, 0.3) is 0 Å². The van der Waals surface area contributed by atoms with Crippen LogP contribution in [-0.4, -0.2) is 67.8 Å². The molecule has 2 saturated heterocycles. The number of carboxylic acids is 1. The molecule has 4 heterocycles. The monoisotopic (exact) mass is 623 g/mol. The van der Waals surface area contributed by atoms with Crippen LogP contribution in [0.1, 0.15) is 22.1 Å². The van der Waals surface area contributed by atoms with Gasteiger partial charge in [0.1, 0.15) is 42.6 Å². The molecular weight excluding hydrogens is 594 g/mol. The Hall–Kier alpha value is -5.57. The number of nitrogens with zero attached hydrogens (tertiary/aromatic N) is 4. The van der Waals surface area contributed by atoms with Gasteiger partial charge in [-0.1, -0.05) is 48.5 Å². The molecule has 5 N–H and O–H groups in total. The first-order valence-corrected chi connectivity index (χ1v) is 14.5. The summed E-state index contributed by atoms with van der Waals surface area (Å²) in [5.41, 5.74) is 8.44. The molecule has 14 heteroatoms. The van der Waals surface area contributed by atoms with Crippen LogP contribution in [0.2, 0.25) is 0 Å². The van der Waals surface area contributed by atoms with Crippen LogP contribution < -0.4 is 21.1 Å². The van der Waals surface area contributed by atoms with Crippen molar-refractivity contribution in [3.8, 4) is 5.75 Å². The molecule has 5 atom stereocenters. The highest BCUT2D eigenvalue weighted by molar-refractivity contribution is 6.02. The third-order valence-electron chi connectivity index (χ3n) is 7.68. The van der Waals surface area contributed by atoms with Gasteiger partial charge in [0.05, 0.1) is 6.33 Å². The highest BCUT2D eigenvalue weighted by atomic mass is 16.8. The van der Waals surface area contributed by atoms with E-state index in [1.807, 2.05) is 48.5 Å². The number of nitrogens with two attached hydrogens (primary N) is 1. The maximum absolute atomic E-state index is 12.7. The number of carbonyl (C=O) groups excluding carboxylic acids is 1. The molecule has 0 saturated carbocycles. The van der Waals surface area contributed by atoms with Gasteiger partial charge in [-0.05, 0) is 35.9 Å². The molecule has 0 radical (unpaired) electrons. The number of carbonyl (C=O) groups is 2. The standard InChI is InChI=1S/C32H29N7O7/c33-19-11-12-22(21(14-19)31(40)41)43-15-23-26-27(46-24(45-26)13-18-7-3-1-4-8-18)30(44-23)39-17-36-25-28(34-16-35-29(25)39)38-32(42)37-20-9-5-2-6-10-20/h1-12,14,16-17,23-24,26-27,30H,13,15,33H2,(H,40,41)(H2,34,35,37,38,42)/t23?,24?,26?,27-,30?/m0/s1. The number of amides is 2. The van der Waals surface area contributed by atoms with Gasteiger partial charge in [0.2, 0.25) is 0 Å². The van der Waals surface area contributed by atoms with E-state index in [2.05, 4.69) is 25.6 Å².